The van der Waals surface area contributed by atoms with Crippen molar-refractivity contribution >= 4 is 16.9 Å². The first kappa shape index (κ1) is 20.0. The third-order valence-corrected chi connectivity index (χ3v) is 5.28. The highest BCUT2D eigenvalue weighted by Crippen LogP contribution is 2.26. The maximum absolute atomic E-state index is 12.4. The highest BCUT2D eigenvalue weighted by Gasteiger charge is 2.21. The number of likely N-dealkylation sites (tertiary alicyclic amines) is 1. The van der Waals surface area contributed by atoms with E-state index in [2.05, 4.69) is 0 Å². The predicted octanol–water partition coefficient (Wildman–Crippen LogP) is 2.83. The third kappa shape index (κ3) is 4.31. The van der Waals surface area contributed by atoms with Gasteiger partial charge in [0.15, 0.2) is 6.61 Å². The quantitative estimate of drug-likeness (QED) is 0.652. The van der Waals surface area contributed by atoms with Gasteiger partial charge >= 0.3 is 5.63 Å². The molecule has 1 amide bonds. The van der Waals surface area contributed by atoms with Crippen molar-refractivity contribution in [3.63, 3.8) is 0 Å². The van der Waals surface area contributed by atoms with Crippen molar-refractivity contribution in [2.45, 2.75) is 18.9 Å². The molecule has 0 unspecified atom stereocenters. The molecule has 1 N–H and O–H groups in total. The minimum atomic E-state index is -0.427. The number of rotatable bonds is 5. The summed E-state index contributed by atoms with van der Waals surface area (Å²) in [5.41, 5.74) is 1.19. The number of fused-ring (bicyclic) bond motifs is 1. The summed E-state index contributed by atoms with van der Waals surface area (Å²) >= 11 is 0. The molecule has 2 heterocycles. The second-order valence-electron chi connectivity index (χ2n) is 7.28. The van der Waals surface area contributed by atoms with Crippen molar-refractivity contribution in [3.8, 4) is 22.6 Å². The van der Waals surface area contributed by atoms with Gasteiger partial charge in [0, 0.05) is 18.5 Å². The number of aliphatic hydroxyl groups excluding tert-OH is 1. The number of ether oxygens (including phenoxy) is 2. The van der Waals surface area contributed by atoms with Crippen LogP contribution in [0.25, 0.3) is 22.1 Å². The number of aliphatic hydroxyl groups is 1. The van der Waals surface area contributed by atoms with Crippen LogP contribution in [0.5, 0.6) is 11.5 Å². The van der Waals surface area contributed by atoms with Crippen molar-refractivity contribution in [3.05, 3.63) is 59.0 Å². The van der Waals surface area contributed by atoms with Crippen LogP contribution in [0.1, 0.15) is 12.8 Å². The smallest absolute Gasteiger partial charge is 0.344 e. The molecule has 7 nitrogen and oxygen atoms in total. The zero-order chi connectivity index (χ0) is 21.1. The van der Waals surface area contributed by atoms with E-state index in [0.717, 1.165) is 5.39 Å². The second-order valence-corrected chi connectivity index (χ2v) is 7.28. The molecule has 3 aromatic rings. The largest absolute Gasteiger partial charge is 0.497 e. The second kappa shape index (κ2) is 8.59. The topological polar surface area (TPSA) is 89.2 Å². The van der Waals surface area contributed by atoms with Crippen LogP contribution in [-0.2, 0) is 4.79 Å². The van der Waals surface area contributed by atoms with Crippen molar-refractivity contribution in [1.82, 2.24) is 4.90 Å². The van der Waals surface area contributed by atoms with E-state index in [4.69, 9.17) is 13.9 Å². The molecule has 1 saturated heterocycles. The van der Waals surface area contributed by atoms with Crippen molar-refractivity contribution in [2.24, 2.45) is 0 Å². The summed E-state index contributed by atoms with van der Waals surface area (Å²) in [6.07, 6.45) is 0.873. The van der Waals surface area contributed by atoms with E-state index in [9.17, 15) is 14.7 Å². The average Bonchev–Trinajstić information content (AvgIpc) is 2.77. The van der Waals surface area contributed by atoms with E-state index >= 15 is 0 Å². The summed E-state index contributed by atoms with van der Waals surface area (Å²) < 4.78 is 16.2. The fourth-order valence-electron chi connectivity index (χ4n) is 3.51. The number of hydrogen-bond acceptors (Lipinski definition) is 6. The number of piperidine rings is 1. The van der Waals surface area contributed by atoms with Crippen LogP contribution in [0, 0.1) is 0 Å². The van der Waals surface area contributed by atoms with Crippen molar-refractivity contribution in [1.29, 1.82) is 0 Å². The molecule has 1 aliphatic rings. The first-order valence-electron chi connectivity index (χ1n) is 9.84. The molecule has 0 radical (unpaired) electrons. The fourth-order valence-corrected chi connectivity index (χ4v) is 3.51. The van der Waals surface area contributed by atoms with Gasteiger partial charge in [0.1, 0.15) is 17.1 Å². The molecular weight excluding hydrogens is 386 g/mol. The lowest BCUT2D eigenvalue weighted by molar-refractivity contribution is -0.135. The maximum Gasteiger partial charge on any atom is 0.344 e. The van der Waals surface area contributed by atoms with Gasteiger partial charge in [-0.3, -0.25) is 4.79 Å². The molecule has 0 saturated carbocycles. The molecule has 0 aliphatic carbocycles. The first-order chi connectivity index (χ1) is 14.5. The molecule has 156 valence electrons. The van der Waals surface area contributed by atoms with E-state index in [-0.39, 0.29) is 18.6 Å². The van der Waals surface area contributed by atoms with Crippen LogP contribution in [0.4, 0.5) is 0 Å². The molecule has 4 rings (SSSR count). The Morgan fingerprint density at radius 2 is 1.80 bits per heavy atom. The van der Waals surface area contributed by atoms with Crippen molar-refractivity contribution in [2.75, 3.05) is 26.8 Å². The van der Waals surface area contributed by atoms with Gasteiger partial charge in [-0.1, -0.05) is 12.1 Å². The normalized spacial score (nSPS) is 14.7. The summed E-state index contributed by atoms with van der Waals surface area (Å²) in [6.45, 7) is 1.03. The Morgan fingerprint density at radius 1 is 1.10 bits per heavy atom. The summed E-state index contributed by atoms with van der Waals surface area (Å²) in [5.74, 6) is 1.12. The highest BCUT2D eigenvalue weighted by molar-refractivity contribution is 5.83. The molecule has 0 atom stereocenters. The first-order valence-corrected chi connectivity index (χ1v) is 9.84. The van der Waals surface area contributed by atoms with Gasteiger partial charge in [-0.25, -0.2) is 4.79 Å². The zero-order valence-electron chi connectivity index (χ0n) is 16.7. The van der Waals surface area contributed by atoms with Crippen LogP contribution in [0.2, 0.25) is 0 Å². The number of nitrogens with zero attached hydrogens (tertiary/aromatic N) is 1. The van der Waals surface area contributed by atoms with E-state index in [1.165, 1.54) is 0 Å². The molecule has 7 heteroatoms. The average molecular weight is 409 g/mol. The summed E-state index contributed by atoms with van der Waals surface area (Å²) in [7, 11) is 1.58. The summed E-state index contributed by atoms with van der Waals surface area (Å²) in [6, 6.07) is 14.0. The Balaban J connectivity index is 1.46. The summed E-state index contributed by atoms with van der Waals surface area (Å²) in [4.78, 5) is 26.3. The van der Waals surface area contributed by atoms with Crippen LogP contribution < -0.4 is 15.1 Å². The van der Waals surface area contributed by atoms with E-state index in [0.29, 0.717) is 54.1 Å². The number of amides is 1. The monoisotopic (exact) mass is 409 g/mol. The SMILES string of the molecule is COc1ccc2oc(=O)c(-c3ccc(OCC(=O)N4CCC(O)CC4)cc3)cc2c1. The standard InChI is InChI=1S/C23H23NO6/c1-28-19-6-7-21-16(12-19)13-20(23(27)30-21)15-2-4-18(5-3-15)29-14-22(26)24-10-8-17(25)9-11-24/h2-7,12-13,17,25H,8-11,14H2,1H3. The zero-order valence-corrected chi connectivity index (χ0v) is 16.7. The van der Waals surface area contributed by atoms with Crippen LogP contribution >= 0.6 is 0 Å². The predicted molar refractivity (Wildman–Crippen MR) is 112 cm³/mol. The van der Waals surface area contributed by atoms with Crippen LogP contribution in [0.15, 0.2) is 57.7 Å². The molecule has 2 aromatic carbocycles. The molecule has 1 fully saturated rings. The van der Waals surface area contributed by atoms with Crippen LogP contribution in [0.3, 0.4) is 0 Å². The Labute approximate surface area is 173 Å². The summed E-state index contributed by atoms with van der Waals surface area (Å²) in [5, 5.41) is 10.3. The maximum atomic E-state index is 12.4. The third-order valence-electron chi connectivity index (χ3n) is 5.28. The number of hydrogen-bond donors (Lipinski definition) is 1. The van der Waals surface area contributed by atoms with E-state index in [1.54, 1.807) is 54.5 Å². The number of carbonyl (C=O) groups excluding carboxylic acids is 1. The lowest BCUT2D eigenvalue weighted by Crippen LogP contribution is -2.42. The minimum Gasteiger partial charge on any atom is -0.497 e. The Hall–Kier alpha value is -3.32. The molecule has 30 heavy (non-hydrogen) atoms. The molecule has 0 spiro atoms. The van der Waals surface area contributed by atoms with Gasteiger partial charge in [-0.2, -0.15) is 0 Å². The van der Waals surface area contributed by atoms with Gasteiger partial charge in [-0.05, 0) is 54.8 Å². The van der Waals surface area contributed by atoms with E-state index < -0.39 is 5.63 Å². The minimum absolute atomic E-state index is 0.0622. The molecule has 1 aromatic heterocycles. The highest BCUT2D eigenvalue weighted by atomic mass is 16.5. The number of carbonyl (C=O) groups is 1. The van der Waals surface area contributed by atoms with Gasteiger partial charge in [0.05, 0.1) is 18.8 Å². The lowest BCUT2D eigenvalue weighted by Gasteiger charge is -2.29. The number of methoxy groups -OCH3 is 1. The van der Waals surface area contributed by atoms with Gasteiger partial charge in [0.25, 0.3) is 5.91 Å². The van der Waals surface area contributed by atoms with E-state index in [1.807, 2.05) is 6.07 Å². The molecule has 1 aliphatic heterocycles. The molecule has 0 bridgehead atoms. The van der Waals surface area contributed by atoms with Gasteiger partial charge in [-0.15, -0.1) is 0 Å². The Bertz CT molecular complexity index is 1100. The Morgan fingerprint density at radius 3 is 2.50 bits per heavy atom. The van der Waals surface area contributed by atoms with Gasteiger partial charge in [0.2, 0.25) is 0 Å². The Kier molecular flexibility index (Phi) is 5.72. The molecular formula is C23H23NO6. The fraction of sp³-hybridized carbons (Fsp3) is 0.304. The van der Waals surface area contributed by atoms with Crippen molar-refractivity contribution < 1.29 is 23.8 Å². The van der Waals surface area contributed by atoms with Crippen LogP contribution in [-0.4, -0.2) is 48.8 Å². The lowest BCUT2D eigenvalue weighted by atomic mass is 10.1. The number of benzene rings is 2. The van der Waals surface area contributed by atoms with Gasteiger partial charge < -0.3 is 23.9 Å².